The number of carbonyl (C=O) groups excluding carboxylic acids is 1. The van der Waals surface area contributed by atoms with Gasteiger partial charge in [0.1, 0.15) is 0 Å². The lowest BCUT2D eigenvalue weighted by Crippen LogP contribution is -2.42. The first kappa shape index (κ1) is 20.4. The molecule has 10 heteroatoms. The summed E-state index contributed by atoms with van der Waals surface area (Å²) in [4.78, 5) is 12.6. The van der Waals surface area contributed by atoms with Crippen molar-refractivity contribution in [1.29, 1.82) is 0 Å². The Bertz CT molecular complexity index is 919. The molecule has 1 aliphatic rings. The van der Waals surface area contributed by atoms with Crippen molar-refractivity contribution in [3.63, 3.8) is 0 Å². The summed E-state index contributed by atoms with van der Waals surface area (Å²) >= 11 is 0. The molecule has 1 amide bonds. The number of nitrogens with one attached hydrogen (secondary N) is 1. The van der Waals surface area contributed by atoms with Crippen molar-refractivity contribution >= 4 is 21.6 Å². The van der Waals surface area contributed by atoms with Crippen LogP contribution >= 0.6 is 0 Å². The second-order valence-corrected chi connectivity index (χ2v) is 9.11. The Hall–Kier alpha value is -2.33. The van der Waals surface area contributed by atoms with Gasteiger partial charge in [-0.25, -0.2) is 12.7 Å². The molecule has 3 rings (SSSR count). The van der Waals surface area contributed by atoms with Crippen LogP contribution in [-0.4, -0.2) is 57.7 Å². The second-order valence-electron chi connectivity index (χ2n) is 7.02. The highest BCUT2D eigenvalue weighted by Crippen LogP contribution is 2.23. The molecule has 0 spiro atoms. The number of tetrazole rings is 1. The number of aryl methyl sites for hydroxylation is 1. The third kappa shape index (κ3) is 4.74. The van der Waals surface area contributed by atoms with Crippen molar-refractivity contribution in [3.8, 4) is 5.69 Å². The van der Waals surface area contributed by atoms with E-state index in [4.69, 9.17) is 0 Å². The number of anilines is 1. The molecular weight excluding hydrogens is 380 g/mol. The van der Waals surface area contributed by atoms with Gasteiger partial charge in [0.2, 0.25) is 15.9 Å². The molecule has 1 aromatic heterocycles. The highest BCUT2D eigenvalue weighted by Gasteiger charge is 2.30. The molecule has 0 bridgehead atoms. The molecule has 0 radical (unpaired) electrons. The fourth-order valence-electron chi connectivity index (χ4n) is 3.28. The van der Waals surface area contributed by atoms with Gasteiger partial charge in [0.25, 0.3) is 0 Å². The van der Waals surface area contributed by atoms with E-state index >= 15 is 0 Å². The molecule has 28 heavy (non-hydrogen) atoms. The lowest BCUT2D eigenvalue weighted by molar-refractivity contribution is -0.120. The highest BCUT2D eigenvalue weighted by atomic mass is 32.2. The number of amides is 1. The molecule has 1 aliphatic heterocycles. The maximum absolute atomic E-state index is 12.6. The number of nitrogens with zero attached hydrogens (tertiary/aromatic N) is 5. The Morgan fingerprint density at radius 2 is 2.04 bits per heavy atom. The van der Waals surface area contributed by atoms with E-state index in [1.807, 2.05) is 31.2 Å². The predicted octanol–water partition coefficient (Wildman–Crippen LogP) is 1.75. The van der Waals surface area contributed by atoms with Crippen LogP contribution in [0.5, 0.6) is 0 Å². The molecular formula is C18H26N6O3S. The summed E-state index contributed by atoms with van der Waals surface area (Å²) in [5.74, 6) is 0.552. The Morgan fingerprint density at radius 3 is 2.68 bits per heavy atom. The van der Waals surface area contributed by atoms with E-state index in [9.17, 15) is 13.2 Å². The minimum absolute atomic E-state index is 0.0869. The third-order valence-corrected chi connectivity index (χ3v) is 6.91. The molecule has 1 fully saturated rings. The number of hydrogen-bond acceptors (Lipinski definition) is 6. The van der Waals surface area contributed by atoms with E-state index in [0.717, 1.165) is 12.1 Å². The van der Waals surface area contributed by atoms with Gasteiger partial charge in [0.15, 0.2) is 5.82 Å². The first-order chi connectivity index (χ1) is 13.4. The monoisotopic (exact) mass is 406 g/mol. The molecule has 1 saturated heterocycles. The minimum Gasteiger partial charge on any atom is -0.326 e. The van der Waals surface area contributed by atoms with Crippen molar-refractivity contribution in [1.82, 2.24) is 24.5 Å². The van der Waals surface area contributed by atoms with Gasteiger partial charge >= 0.3 is 0 Å². The number of hydrogen-bond donors (Lipinski definition) is 1. The summed E-state index contributed by atoms with van der Waals surface area (Å²) in [6.07, 6.45) is 2.58. The fraction of sp³-hybridized carbons (Fsp3) is 0.556. The Kier molecular flexibility index (Phi) is 6.40. The highest BCUT2D eigenvalue weighted by molar-refractivity contribution is 7.89. The number of aromatic nitrogens is 4. The van der Waals surface area contributed by atoms with Gasteiger partial charge in [0, 0.05) is 24.7 Å². The number of sulfonamides is 1. The van der Waals surface area contributed by atoms with Crippen molar-refractivity contribution in [2.75, 3.05) is 24.2 Å². The average Bonchev–Trinajstić information content (AvgIpc) is 3.12. The molecule has 2 aromatic rings. The first-order valence-electron chi connectivity index (χ1n) is 9.55. The molecule has 0 atom stereocenters. The van der Waals surface area contributed by atoms with E-state index < -0.39 is 10.0 Å². The Labute approximate surface area is 165 Å². The van der Waals surface area contributed by atoms with Crippen LogP contribution in [0, 0.1) is 12.8 Å². The summed E-state index contributed by atoms with van der Waals surface area (Å²) in [7, 11) is -3.21. The fourth-order valence-corrected chi connectivity index (χ4v) is 4.96. The Morgan fingerprint density at radius 1 is 1.29 bits per heavy atom. The van der Waals surface area contributed by atoms with E-state index in [1.165, 1.54) is 4.31 Å². The van der Waals surface area contributed by atoms with Crippen LogP contribution in [0.4, 0.5) is 5.69 Å². The molecule has 0 unspecified atom stereocenters. The largest absolute Gasteiger partial charge is 0.326 e. The van der Waals surface area contributed by atoms with Crippen LogP contribution in [-0.2, 0) is 14.8 Å². The van der Waals surface area contributed by atoms with E-state index in [-0.39, 0.29) is 17.6 Å². The SMILES string of the molecule is CCCCS(=O)(=O)N1CCC(C(=O)Nc2cccc(-n3nnnc3C)c2)CC1. The summed E-state index contributed by atoms with van der Waals surface area (Å²) in [5, 5.41) is 14.4. The van der Waals surface area contributed by atoms with E-state index in [2.05, 4.69) is 20.8 Å². The van der Waals surface area contributed by atoms with Crippen molar-refractivity contribution in [2.24, 2.45) is 5.92 Å². The number of piperidine rings is 1. The summed E-state index contributed by atoms with van der Waals surface area (Å²) in [6, 6.07) is 7.31. The van der Waals surface area contributed by atoms with Crippen molar-refractivity contribution in [2.45, 2.75) is 39.5 Å². The zero-order valence-electron chi connectivity index (χ0n) is 16.2. The molecule has 1 N–H and O–H groups in total. The molecule has 0 saturated carbocycles. The zero-order valence-corrected chi connectivity index (χ0v) is 17.0. The van der Waals surface area contributed by atoms with Crippen LogP contribution < -0.4 is 5.32 Å². The summed E-state index contributed by atoms with van der Waals surface area (Å²) in [6.45, 7) is 4.57. The van der Waals surface area contributed by atoms with Gasteiger partial charge in [-0.1, -0.05) is 19.4 Å². The summed E-state index contributed by atoms with van der Waals surface area (Å²) < 4.78 is 27.7. The lowest BCUT2D eigenvalue weighted by Gasteiger charge is -2.30. The molecule has 9 nitrogen and oxygen atoms in total. The molecule has 0 aliphatic carbocycles. The van der Waals surface area contributed by atoms with Gasteiger partial charge < -0.3 is 5.32 Å². The first-order valence-corrected chi connectivity index (χ1v) is 11.2. The summed E-state index contributed by atoms with van der Waals surface area (Å²) in [5.41, 5.74) is 1.42. The van der Waals surface area contributed by atoms with Gasteiger partial charge in [0.05, 0.1) is 11.4 Å². The average molecular weight is 407 g/mol. The number of carbonyl (C=O) groups is 1. The molecule has 1 aromatic carbocycles. The van der Waals surface area contributed by atoms with Crippen LogP contribution in [0.3, 0.4) is 0 Å². The number of rotatable bonds is 7. The van der Waals surface area contributed by atoms with E-state index in [0.29, 0.717) is 43.9 Å². The predicted molar refractivity (Wildman–Crippen MR) is 106 cm³/mol. The zero-order chi connectivity index (χ0) is 20.1. The van der Waals surface area contributed by atoms with Crippen LogP contribution in [0.15, 0.2) is 24.3 Å². The normalized spacial score (nSPS) is 16.2. The van der Waals surface area contributed by atoms with Gasteiger partial charge in [-0.3, -0.25) is 4.79 Å². The lowest BCUT2D eigenvalue weighted by atomic mass is 9.97. The number of unbranched alkanes of at least 4 members (excludes halogenated alkanes) is 1. The minimum atomic E-state index is -3.21. The topological polar surface area (TPSA) is 110 Å². The number of benzene rings is 1. The quantitative estimate of drug-likeness (QED) is 0.750. The van der Waals surface area contributed by atoms with Gasteiger partial charge in [-0.05, 0) is 54.8 Å². The smallest absolute Gasteiger partial charge is 0.227 e. The maximum Gasteiger partial charge on any atom is 0.227 e. The van der Waals surface area contributed by atoms with E-state index in [1.54, 1.807) is 11.6 Å². The molecule has 2 heterocycles. The standard InChI is InChI=1S/C18H26N6O3S/c1-3-4-12-28(26,27)23-10-8-15(9-11-23)18(25)19-16-6-5-7-17(13-16)24-14(2)20-21-22-24/h5-7,13,15H,3-4,8-12H2,1-2H3,(H,19,25). The van der Waals surface area contributed by atoms with Crippen LogP contribution in [0.1, 0.15) is 38.4 Å². The molecule has 152 valence electrons. The van der Waals surface area contributed by atoms with Crippen molar-refractivity contribution in [3.05, 3.63) is 30.1 Å². The van der Waals surface area contributed by atoms with Gasteiger partial charge in [-0.15, -0.1) is 5.10 Å². The Balaban J connectivity index is 1.59. The second kappa shape index (κ2) is 8.78. The van der Waals surface area contributed by atoms with Crippen LogP contribution in [0.2, 0.25) is 0 Å². The van der Waals surface area contributed by atoms with Crippen molar-refractivity contribution < 1.29 is 13.2 Å². The van der Waals surface area contributed by atoms with Gasteiger partial charge in [-0.2, -0.15) is 4.68 Å². The van der Waals surface area contributed by atoms with Crippen LogP contribution in [0.25, 0.3) is 5.69 Å². The third-order valence-electron chi connectivity index (χ3n) is 4.96. The maximum atomic E-state index is 12.6.